The van der Waals surface area contributed by atoms with Crippen LogP contribution in [0.1, 0.15) is 17.0 Å². The molecule has 0 aliphatic heterocycles. The molecule has 2 heterocycles. The second-order valence-electron chi connectivity index (χ2n) is 4.78. The second kappa shape index (κ2) is 4.72. The quantitative estimate of drug-likeness (QED) is 0.753. The molecule has 3 aromatic rings. The van der Waals surface area contributed by atoms with Gasteiger partial charge >= 0.3 is 0 Å². The van der Waals surface area contributed by atoms with Crippen molar-refractivity contribution in [3.63, 3.8) is 0 Å². The highest BCUT2D eigenvalue weighted by atomic mass is 15.0. The van der Waals surface area contributed by atoms with E-state index in [2.05, 4.69) is 46.1 Å². The van der Waals surface area contributed by atoms with Gasteiger partial charge in [0.25, 0.3) is 0 Å². The molecule has 1 aromatic carbocycles. The molecule has 0 unspecified atom stereocenters. The number of aromatic nitrogens is 3. The molecule has 4 nitrogen and oxygen atoms in total. The zero-order valence-corrected chi connectivity index (χ0v) is 10.9. The van der Waals surface area contributed by atoms with Gasteiger partial charge in [0.05, 0.1) is 5.52 Å². The van der Waals surface area contributed by atoms with Gasteiger partial charge in [-0.05, 0) is 31.0 Å². The zero-order valence-electron chi connectivity index (χ0n) is 10.9. The minimum atomic E-state index is 0.504. The number of benzene rings is 1. The molecule has 3 N–H and O–H groups in total. The van der Waals surface area contributed by atoms with Crippen LogP contribution in [0.25, 0.3) is 11.2 Å². The number of imidazole rings is 1. The molecule has 0 saturated carbocycles. The zero-order chi connectivity index (χ0) is 13.2. The molecule has 0 atom stereocenters. The van der Waals surface area contributed by atoms with Gasteiger partial charge in [0.1, 0.15) is 11.6 Å². The number of hydrogen-bond donors (Lipinski definition) is 2. The van der Waals surface area contributed by atoms with E-state index >= 15 is 0 Å². The number of nitrogen functional groups attached to an aromatic ring is 1. The predicted octanol–water partition coefficient (Wildman–Crippen LogP) is 2.63. The van der Waals surface area contributed by atoms with Gasteiger partial charge in [0.15, 0.2) is 5.65 Å². The number of nitrogens with one attached hydrogen (secondary N) is 1. The van der Waals surface area contributed by atoms with Gasteiger partial charge in [0, 0.05) is 6.42 Å². The van der Waals surface area contributed by atoms with Crippen molar-refractivity contribution in [2.75, 3.05) is 5.73 Å². The van der Waals surface area contributed by atoms with Gasteiger partial charge in [-0.25, -0.2) is 9.97 Å². The Balaban J connectivity index is 1.78. The first-order chi connectivity index (χ1) is 9.20. The molecule has 0 aliphatic carbocycles. The molecule has 19 heavy (non-hydrogen) atoms. The van der Waals surface area contributed by atoms with Crippen LogP contribution in [-0.2, 0) is 12.8 Å². The van der Waals surface area contributed by atoms with Gasteiger partial charge in [-0.3, -0.25) is 0 Å². The lowest BCUT2D eigenvalue weighted by Crippen LogP contribution is -1.93. The molecule has 0 saturated heterocycles. The number of nitrogens with two attached hydrogens (primary N) is 1. The van der Waals surface area contributed by atoms with E-state index in [0.717, 1.165) is 24.2 Å². The Morgan fingerprint density at radius 3 is 2.84 bits per heavy atom. The van der Waals surface area contributed by atoms with Crippen LogP contribution >= 0.6 is 0 Å². The van der Waals surface area contributed by atoms with Crippen molar-refractivity contribution in [3.05, 3.63) is 53.3 Å². The standard InChI is InChI=1S/C15H16N4/c1-10-3-2-4-11(9-10)5-8-14-17-12-6-7-13(16)18-15(12)19-14/h2-4,6-7,9H,5,8H2,1H3,(H3,16,17,18,19). The summed E-state index contributed by atoms with van der Waals surface area (Å²) in [5, 5.41) is 0. The molecule has 96 valence electrons. The average molecular weight is 252 g/mol. The van der Waals surface area contributed by atoms with Crippen molar-refractivity contribution < 1.29 is 0 Å². The summed E-state index contributed by atoms with van der Waals surface area (Å²) in [5.41, 5.74) is 9.90. The average Bonchev–Trinajstić information content (AvgIpc) is 2.78. The largest absolute Gasteiger partial charge is 0.384 e. The summed E-state index contributed by atoms with van der Waals surface area (Å²) in [4.78, 5) is 11.9. The van der Waals surface area contributed by atoms with Crippen LogP contribution in [0.2, 0.25) is 0 Å². The Kier molecular flexibility index (Phi) is 2.91. The molecule has 3 rings (SSSR count). The van der Waals surface area contributed by atoms with Crippen LogP contribution in [0, 0.1) is 6.92 Å². The molecule has 4 heteroatoms. The summed E-state index contributed by atoms with van der Waals surface area (Å²) in [6.07, 6.45) is 1.84. The van der Waals surface area contributed by atoms with E-state index in [0.29, 0.717) is 11.5 Å². The number of pyridine rings is 1. The van der Waals surface area contributed by atoms with Crippen LogP contribution in [0.5, 0.6) is 0 Å². The third-order valence-corrected chi connectivity index (χ3v) is 3.15. The Morgan fingerprint density at radius 1 is 1.11 bits per heavy atom. The highest BCUT2D eigenvalue weighted by Gasteiger charge is 2.04. The third-order valence-electron chi connectivity index (χ3n) is 3.15. The Bertz CT molecular complexity index is 715. The maximum absolute atomic E-state index is 5.65. The predicted molar refractivity (Wildman–Crippen MR) is 76.9 cm³/mol. The topological polar surface area (TPSA) is 67.6 Å². The highest BCUT2D eigenvalue weighted by Crippen LogP contribution is 2.13. The second-order valence-corrected chi connectivity index (χ2v) is 4.78. The summed E-state index contributed by atoms with van der Waals surface area (Å²) in [7, 11) is 0. The molecule has 0 fully saturated rings. The molecular formula is C15H16N4. The fourth-order valence-corrected chi connectivity index (χ4v) is 2.21. The number of aryl methyl sites for hydroxylation is 3. The number of anilines is 1. The fraction of sp³-hybridized carbons (Fsp3) is 0.200. The lowest BCUT2D eigenvalue weighted by Gasteiger charge is -2.00. The number of nitrogens with zero attached hydrogens (tertiary/aromatic N) is 2. The van der Waals surface area contributed by atoms with Gasteiger partial charge in [-0.1, -0.05) is 29.8 Å². The summed E-state index contributed by atoms with van der Waals surface area (Å²) < 4.78 is 0. The van der Waals surface area contributed by atoms with Crippen LogP contribution in [0.3, 0.4) is 0 Å². The number of aromatic amines is 1. The van der Waals surface area contributed by atoms with Crippen molar-refractivity contribution >= 4 is 17.0 Å². The van der Waals surface area contributed by atoms with E-state index in [9.17, 15) is 0 Å². The molecular weight excluding hydrogens is 236 g/mol. The first kappa shape index (κ1) is 11.7. The lowest BCUT2D eigenvalue weighted by atomic mass is 10.1. The van der Waals surface area contributed by atoms with E-state index in [1.54, 1.807) is 6.07 Å². The van der Waals surface area contributed by atoms with E-state index in [-0.39, 0.29) is 0 Å². The van der Waals surface area contributed by atoms with Crippen LogP contribution < -0.4 is 5.73 Å². The minimum absolute atomic E-state index is 0.504. The smallest absolute Gasteiger partial charge is 0.179 e. The summed E-state index contributed by atoms with van der Waals surface area (Å²) in [6.45, 7) is 2.11. The van der Waals surface area contributed by atoms with Gasteiger partial charge in [-0.15, -0.1) is 0 Å². The number of hydrogen-bond acceptors (Lipinski definition) is 3. The lowest BCUT2D eigenvalue weighted by molar-refractivity contribution is 0.888. The monoisotopic (exact) mass is 252 g/mol. The number of H-pyrrole nitrogens is 1. The first-order valence-electron chi connectivity index (χ1n) is 6.37. The van der Waals surface area contributed by atoms with Crippen molar-refractivity contribution in [1.82, 2.24) is 15.0 Å². The van der Waals surface area contributed by atoms with Crippen LogP contribution in [0.15, 0.2) is 36.4 Å². The molecule has 0 aliphatic rings. The van der Waals surface area contributed by atoms with E-state index in [1.165, 1.54) is 11.1 Å². The molecule has 0 amide bonds. The maximum atomic E-state index is 5.65. The van der Waals surface area contributed by atoms with Crippen molar-refractivity contribution in [2.24, 2.45) is 0 Å². The highest BCUT2D eigenvalue weighted by molar-refractivity contribution is 5.72. The molecule has 0 spiro atoms. The van der Waals surface area contributed by atoms with E-state index in [1.807, 2.05) is 6.07 Å². The van der Waals surface area contributed by atoms with Crippen molar-refractivity contribution in [3.8, 4) is 0 Å². The Labute approximate surface area is 111 Å². The van der Waals surface area contributed by atoms with E-state index in [4.69, 9.17) is 5.73 Å². The Hall–Kier alpha value is -2.36. The normalized spacial score (nSPS) is 11.0. The number of rotatable bonds is 3. The van der Waals surface area contributed by atoms with Gasteiger partial charge in [0.2, 0.25) is 0 Å². The van der Waals surface area contributed by atoms with Gasteiger partial charge < -0.3 is 10.7 Å². The fourth-order valence-electron chi connectivity index (χ4n) is 2.21. The first-order valence-corrected chi connectivity index (χ1v) is 6.37. The van der Waals surface area contributed by atoms with Crippen molar-refractivity contribution in [2.45, 2.75) is 19.8 Å². The molecule has 2 aromatic heterocycles. The van der Waals surface area contributed by atoms with Gasteiger partial charge in [-0.2, -0.15) is 0 Å². The molecule has 0 bridgehead atoms. The SMILES string of the molecule is Cc1cccc(CCc2nc3nc(N)ccc3[nH]2)c1. The van der Waals surface area contributed by atoms with Crippen molar-refractivity contribution in [1.29, 1.82) is 0 Å². The minimum Gasteiger partial charge on any atom is -0.384 e. The van der Waals surface area contributed by atoms with E-state index < -0.39 is 0 Å². The maximum Gasteiger partial charge on any atom is 0.179 e. The van der Waals surface area contributed by atoms with Crippen LogP contribution in [-0.4, -0.2) is 15.0 Å². The number of fused-ring (bicyclic) bond motifs is 1. The molecule has 0 radical (unpaired) electrons. The Morgan fingerprint density at radius 2 is 2.00 bits per heavy atom. The third kappa shape index (κ3) is 2.57. The summed E-state index contributed by atoms with van der Waals surface area (Å²) in [6, 6.07) is 12.2. The van der Waals surface area contributed by atoms with Crippen LogP contribution in [0.4, 0.5) is 5.82 Å². The summed E-state index contributed by atoms with van der Waals surface area (Å²) >= 11 is 0. The summed E-state index contributed by atoms with van der Waals surface area (Å²) in [5.74, 6) is 1.46.